The van der Waals surface area contributed by atoms with E-state index in [4.69, 9.17) is 9.26 Å². The lowest BCUT2D eigenvalue weighted by molar-refractivity contribution is 0.0506. The summed E-state index contributed by atoms with van der Waals surface area (Å²) in [6.45, 7) is 4.89. The predicted octanol–water partition coefficient (Wildman–Crippen LogP) is 1.83. The molecule has 1 aliphatic heterocycles. The van der Waals surface area contributed by atoms with E-state index in [9.17, 15) is 4.79 Å². The van der Waals surface area contributed by atoms with Crippen LogP contribution in [0.2, 0.25) is 0 Å². The number of hydrogen-bond donors (Lipinski definition) is 2. The zero-order valence-corrected chi connectivity index (χ0v) is 13.7. The Kier molecular flexibility index (Phi) is 4.82. The van der Waals surface area contributed by atoms with Gasteiger partial charge in [0, 0.05) is 13.2 Å². The summed E-state index contributed by atoms with van der Waals surface area (Å²) < 4.78 is 10.6. The molecule has 3 heterocycles. The Bertz CT molecular complexity index is 666. The molecule has 2 amide bonds. The van der Waals surface area contributed by atoms with Gasteiger partial charge < -0.3 is 14.6 Å². The van der Waals surface area contributed by atoms with Gasteiger partial charge in [-0.05, 0) is 32.6 Å². The van der Waals surface area contributed by atoms with Crippen molar-refractivity contribution >= 4 is 22.5 Å². The highest BCUT2D eigenvalue weighted by Crippen LogP contribution is 2.29. The molecule has 0 aromatic carbocycles. The van der Waals surface area contributed by atoms with Gasteiger partial charge in [-0.1, -0.05) is 16.5 Å². The lowest BCUT2D eigenvalue weighted by atomic mass is 9.91. The number of aryl methyl sites for hydroxylation is 2. The van der Waals surface area contributed by atoms with Crippen LogP contribution in [0.1, 0.15) is 35.6 Å². The average Bonchev–Trinajstić information content (AvgIpc) is 3.14. The minimum Gasteiger partial charge on any atom is -0.381 e. The van der Waals surface area contributed by atoms with Gasteiger partial charge in [-0.2, -0.15) is 4.98 Å². The number of aromatic nitrogens is 4. The quantitative estimate of drug-likeness (QED) is 0.873. The molecule has 2 aromatic rings. The Balaban J connectivity index is 1.71. The number of rotatable bonds is 4. The largest absolute Gasteiger partial charge is 0.381 e. The number of nitrogens with zero attached hydrogens (tertiary/aromatic N) is 4. The van der Waals surface area contributed by atoms with Crippen LogP contribution in [0, 0.1) is 19.8 Å². The van der Waals surface area contributed by atoms with Crippen molar-refractivity contribution in [1.29, 1.82) is 0 Å². The molecule has 3 rings (SSSR count). The third kappa shape index (κ3) is 4.02. The van der Waals surface area contributed by atoms with Gasteiger partial charge in [0.2, 0.25) is 11.0 Å². The Morgan fingerprint density at radius 1 is 1.30 bits per heavy atom. The van der Waals surface area contributed by atoms with Crippen molar-refractivity contribution in [3.05, 3.63) is 16.7 Å². The maximum atomic E-state index is 12.3. The van der Waals surface area contributed by atoms with Crippen LogP contribution >= 0.6 is 11.3 Å². The van der Waals surface area contributed by atoms with E-state index in [1.807, 2.05) is 6.92 Å². The van der Waals surface area contributed by atoms with Crippen LogP contribution in [0.3, 0.4) is 0 Å². The summed E-state index contributed by atoms with van der Waals surface area (Å²) >= 11 is 1.31. The molecule has 0 saturated carbocycles. The number of carbonyl (C=O) groups excluding carboxylic acids is 1. The van der Waals surface area contributed by atoms with Gasteiger partial charge in [0.05, 0.1) is 0 Å². The molecular formula is C13H18N6O3S. The number of ether oxygens (including phenoxy) is 1. The van der Waals surface area contributed by atoms with Gasteiger partial charge in [0.25, 0.3) is 0 Å². The van der Waals surface area contributed by atoms with E-state index in [-0.39, 0.29) is 18.0 Å². The van der Waals surface area contributed by atoms with Gasteiger partial charge >= 0.3 is 6.03 Å². The third-order valence-electron chi connectivity index (χ3n) is 3.58. The van der Waals surface area contributed by atoms with Crippen LogP contribution in [-0.2, 0) is 4.74 Å². The maximum absolute atomic E-state index is 12.3. The molecule has 1 saturated heterocycles. The van der Waals surface area contributed by atoms with Crippen molar-refractivity contribution in [1.82, 2.24) is 25.7 Å². The summed E-state index contributed by atoms with van der Waals surface area (Å²) in [5, 5.41) is 18.4. The van der Waals surface area contributed by atoms with Gasteiger partial charge in [-0.15, -0.1) is 10.2 Å². The van der Waals surface area contributed by atoms with Gasteiger partial charge in [-0.3, -0.25) is 5.32 Å². The van der Waals surface area contributed by atoms with E-state index in [0.717, 1.165) is 17.8 Å². The fraction of sp³-hybridized carbons (Fsp3) is 0.615. The molecule has 10 heteroatoms. The lowest BCUT2D eigenvalue weighted by Crippen LogP contribution is -2.38. The Morgan fingerprint density at radius 2 is 2.09 bits per heavy atom. The van der Waals surface area contributed by atoms with Crippen molar-refractivity contribution in [2.24, 2.45) is 5.92 Å². The van der Waals surface area contributed by atoms with Crippen molar-refractivity contribution in [3.8, 4) is 0 Å². The third-order valence-corrected chi connectivity index (χ3v) is 4.33. The number of carbonyl (C=O) groups is 1. The Morgan fingerprint density at radius 3 is 2.70 bits per heavy atom. The molecule has 1 atom stereocenters. The van der Waals surface area contributed by atoms with Crippen molar-refractivity contribution in [2.45, 2.75) is 32.7 Å². The Labute approximate surface area is 136 Å². The average molecular weight is 338 g/mol. The summed E-state index contributed by atoms with van der Waals surface area (Å²) in [5.74, 6) is 1.14. The molecular weight excluding hydrogens is 320 g/mol. The molecule has 1 aliphatic rings. The van der Waals surface area contributed by atoms with Crippen molar-refractivity contribution in [2.75, 3.05) is 18.5 Å². The summed E-state index contributed by atoms with van der Waals surface area (Å²) in [5.41, 5.74) is 0. The first-order chi connectivity index (χ1) is 11.1. The molecule has 1 fully saturated rings. The first kappa shape index (κ1) is 15.8. The number of anilines is 1. The molecule has 2 aromatic heterocycles. The number of amides is 2. The second kappa shape index (κ2) is 7.01. The first-order valence-corrected chi connectivity index (χ1v) is 8.19. The summed E-state index contributed by atoms with van der Waals surface area (Å²) in [7, 11) is 0. The second-order valence-electron chi connectivity index (χ2n) is 5.33. The molecule has 9 nitrogen and oxygen atoms in total. The summed E-state index contributed by atoms with van der Waals surface area (Å²) in [6.07, 6.45) is 1.65. The predicted molar refractivity (Wildman–Crippen MR) is 82.1 cm³/mol. The topological polar surface area (TPSA) is 115 Å². The molecule has 0 spiro atoms. The van der Waals surface area contributed by atoms with E-state index < -0.39 is 0 Å². The number of hydrogen-bond acceptors (Lipinski definition) is 8. The highest BCUT2D eigenvalue weighted by Gasteiger charge is 2.31. The lowest BCUT2D eigenvalue weighted by Gasteiger charge is -2.28. The van der Waals surface area contributed by atoms with E-state index >= 15 is 0 Å². The number of nitrogens with one attached hydrogen (secondary N) is 2. The fourth-order valence-corrected chi connectivity index (χ4v) is 3.08. The maximum Gasteiger partial charge on any atom is 0.321 e. The smallest absolute Gasteiger partial charge is 0.321 e. The van der Waals surface area contributed by atoms with E-state index in [2.05, 4.69) is 31.0 Å². The van der Waals surface area contributed by atoms with Crippen LogP contribution in [-0.4, -0.2) is 39.6 Å². The van der Waals surface area contributed by atoms with Gasteiger partial charge in [-0.25, -0.2) is 4.79 Å². The minimum absolute atomic E-state index is 0.186. The van der Waals surface area contributed by atoms with Crippen molar-refractivity contribution in [3.63, 3.8) is 0 Å². The van der Waals surface area contributed by atoms with Crippen LogP contribution in [0.4, 0.5) is 9.93 Å². The van der Waals surface area contributed by atoms with Crippen LogP contribution in [0.5, 0.6) is 0 Å². The second-order valence-corrected chi connectivity index (χ2v) is 6.51. The van der Waals surface area contributed by atoms with Crippen molar-refractivity contribution < 1.29 is 14.1 Å². The van der Waals surface area contributed by atoms with Gasteiger partial charge in [0.1, 0.15) is 11.0 Å². The highest BCUT2D eigenvalue weighted by atomic mass is 32.1. The zero-order chi connectivity index (χ0) is 16.2. The van der Waals surface area contributed by atoms with E-state index in [1.165, 1.54) is 11.3 Å². The fourth-order valence-electron chi connectivity index (χ4n) is 2.49. The summed E-state index contributed by atoms with van der Waals surface area (Å²) in [6, 6.07) is -0.720. The SMILES string of the molecule is Cc1noc([C@@H](NC(=O)Nc2nnc(C)s2)C2CCOCC2)n1. The standard InChI is InChI=1S/C13H18N6O3S/c1-7-14-11(22-19-7)10(9-3-5-21-6-4-9)15-12(20)16-13-18-17-8(2)23-13/h9-10H,3-6H2,1-2H3,(H2,15,16,18,20)/t10-/m0/s1. The molecule has 124 valence electrons. The first-order valence-electron chi connectivity index (χ1n) is 7.37. The van der Waals surface area contributed by atoms with E-state index in [1.54, 1.807) is 6.92 Å². The molecule has 23 heavy (non-hydrogen) atoms. The normalized spacial score (nSPS) is 17.0. The minimum atomic E-state index is -0.367. The van der Waals surface area contributed by atoms with Crippen LogP contribution < -0.4 is 10.6 Å². The summed E-state index contributed by atoms with van der Waals surface area (Å²) in [4.78, 5) is 16.5. The zero-order valence-electron chi connectivity index (χ0n) is 12.9. The number of urea groups is 1. The Hall–Kier alpha value is -2.07. The van der Waals surface area contributed by atoms with Crippen LogP contribution in [0.25, 0.3) is 0 Å². The molecule has 0 radical (unpaired) electrons. The van der Waals surface area contributed by atoms with E-state index in [0.29, 0.717) is 30.1 Å². The van der Waals surface area contributed by atoms with Crippen LogP contribution in [0.15, 0.2) is 4.52 Å². The molecule has 2 N–H and O–H groups in total. The van der Waals surface area contributed by atoms with Gasteiger partial charge in [0.15, 0.2) is 5.82 Å². The monoisotopic (exact) mass is 338 g/mol. The highest BCUT2D eigenvalue weighted by molar-refractivity contribution is 7.15. The molecule has 0 bridgehead atoms. The molecule has 0 aliphatic carbocycles. The molecule has 0 unspecified atom stereocenters.